The highest BCUT2D eigenvalue weighted by molar-refractivity contribution is 4.97. The summed E-state index contributed by atoms with van der Waals surface area (Å²) in [7, 11) is 0. The summed E-state index contributed by atoms with van der Waals surface area (Å²) in [4.78, 5) is 5.43. The summed E-state index contributed by atoms with van der Waals surface area (Å²) in [6, 6.07) is 1.75. The monoisotopic (exact) mass is 237 g/mol. The van der Waals surface area contributed by atoms with Crippen LogP contribution in [-0.4, -0.2) is 61.2 Å². The van der Waals surface area contributed by atoms with Gasteiger partial charge in [-0.05, 0) is 24.7 Å². The number of piperazine rings is 1. The standard InChI is InChI=1S/C14H27N3/c1-14(2)4-3-12(9-14)17-10-13(11-17)16-7-5-15-6-8-16/h12-13,15H,3-11H2,1-2H3. The maximum Gasteiger partial charge on any atom is 0.0351 e. The number of nitrogens with zero attached hydrogens (tertiary/aromatic N) is 2. The molecule has 0 aromatic heterocycles. The highest BCUT2D eigenvalue weighted by Crippen LogP contribution is 2.40. The summed E-state index contributed by atoms with van der Waals surface area (Å²) >= 11 is 0. The number of hydrogen-bond donors (Lipinski definition) is 1. The van der Waals surface area contributed by atoms with Crippen molar-refractivity contribution in [1.29, 1.82) is 0 Å². The first-order valence-electron chi connectivity index (χ1n) is 7.33. The van der Waals surface area contributed by atoms with Crippen LogP contribution in [0.1, 0.15) is 33.1 Å². The van der Waals surface area contributed by atoms with E-state index in [1.54, 1.807) is 0 Å². The van der Waals surface area contributed by atoms with E-state index in [9.17, 15) is 0 Å². The molecule has 0 amide bonds. The minimum absolute atomic E-state index is 0.602. The highest BCUT2D eigenvalue weighted by atomic mass is 15.3. The van der Waals surface area contributed by atoms with Gasteiger partial charge in [-0.1, -0.05) is 13.8 Å². The molecule has 3 rings (SSSR count). The number of nitrogens with one attached hydrogen (secondary N) is 1. The summed E-state index contributed by atoms with van der Waals surface area (Å²) in [5, 5.41) is 3.44. The first kappa shape index (κ1) is 11.9. The summed E-state index contributed by atoms with van der Waals surface area (Å²) in [6.45, 7) is 12.4. The van der Waals surface area contributed by atoms with Gasteiger partial charge in [-0.2, -0.15) is 0 Å². The summed E-state index contributed by atoms with van der Waals surface area (Å²) in [5.74, 6) is 0. The second kappa shape index (κ2) is 4.52. The van der Waals surface area contributed by atoms with Gasteiger partial charge in [-0.15, -0.1) is 0 Å². The molecule has 1 atom stereocenters. The SMILES string of the molecule is CC1(C)CCC(N2CC(N3CCNCC3)C2)C1. The Bertz CT molecular complexity index is 265. The number of rotatable bonds is 2. The van der Waals surface area contributed by atoms with Crippen LogP contribution in [0.2, 0.25) is 0 Å². The van der Waals surface area contributed by atoms with E-state index in [0.717, 1.165) is 12.1 Å². The zero-order valence-electron chi connectivity index (χ0n) is 11.4. The molecular weight excluding hydrogens is 210 g/mol. The van der Waals surface area contributed by atoms with E-state index in [-0.39, 0.29) is 0 Å². The molecule has 1 saturated carbocycles. The van der Waals surface area contributed by atoms with Crippen LogP contribution >= 0.6 is 0 Å². The Kier molecular flexibility index (Phi) is 3.18. The number of hydrogen-bond acceptors (Lipinski definition) is 3. The van der Waals surface area contributed by atoms with E-state index in [1.807, 2.05) is 0 Å². The Labute approximate surface area is 106 Å². The third-order valence-corrected chi connectivity index (χ3v) is 5.02. The molecule has 0 bridgehead atoms. The van der Waals surface area contributed by atoms with Crippen molar-refractivity contribution in [1.82, 2.24) is 15.1 Å². The van der Waals surface area contributed by atoms with Crippen LogP contribution in [0.5, 0.6) is 0 Å². The first-order valence-corrected chi connectivity index (χ1v) is 7.33. The molecule has 2 saturated heterocycles. The van der Waals surface area contributed by atoms with Gasteiger partial charge in [0.05, 0.1) is 0 Å². The maximum absolute atomic E-state index is 3.44. The van der Waals surface area contributed by atoms with E-state index in [0.29, 0.717) is 5.41 Å². The zero-order chi connectivity index (χ0) is 11.9. The Morgan fingerprint density at radius 1 is 1.00 bits per heavy atom. The molecule has 3 nitrogen and oxygen atoms in total. The lowest BCUT2D eigenvalue weighted by Crippen LogP contribution is -2.64. The van der Waals surface area contributed by atoms with Gasteiger partial charge < -0.3 is 5.32 Å². The molecule has 17 heavy (non-hydrogen) atoms. The fourth-order valence-electron chi connectivity index (χ4n) is 3.78. The molecule has 3 fully saturated rings. The van der Waals surface area contributed by atoms with Crippen LogP contribution in [0.25, 0.3) is 0 Å². The van der Waals surface area contributed by atoms with Crippen molar-refractivity contribution in [3.8, 4) is 0 Å². The number of likely N-dealkylation sites (tertiary alicyclic amines) is 1. The van der Waals surface area contributed by atoms with Crippen molar-refractivity contribution >= 4 is 0 Å². The predicted octanol–water partition coefficient (Wildman–Crippen LogP) is 1.15. The molecule has 1 N–H and O–H groups in total. The average molecular weight is 237 g/mol. The third kappa shape index (κ3) is 2.51. The molecule has 2 heterocycles. The van der Waals surface area contributed by atoms with Gasteiger partial charge in [0.1, 0.15) is 0 Å². The van der Waals surface area contributed by atoms with E-state index in [1.165, 1.54) is 58.5 Å². The molecule has 0 spiro atoms. The Morgan fingerprint density at radius 3 is 2.29 bits per heavy atom. The molecule has 1 aliphatic carbocycles. The van der Waals surface area contributed by atoms with Crippen molar-refractivity contribution in [2.45, 2.75) is 45.2 Å². The molecule has 0 aromatic rings. The van der Waals surface area contributed by atoms with E-state index in [2.05, 4.69) is 29.0 Å². The van der Waals surface area contributed by atoms with Gasteiger partial charge in [0.2, 0.25) is 0 Å². The van der Waals surface area contributed by atoms with Crippen LogP contribution in [0.15, 0.2) is 0 Å². The van der Waals surface area contributed by atoms with Crippen molar-refractivity contribution in [3.05, 3.63) is 0 Å². The summed E-state index contributed by atoms with van der Waals surface area (Å²) < 4.78 is 0. The van der Waals surface area contributed by atoms with E-state index < -0.39 is 0 Å². The smallest absolute Gasteiger partial charge is 0.0351 e. The van der Waals surface area contributed by atoms with Gasteiger partial charge in [0.25, 0.3) is 0 Å². The molecule has 3 aliphatic rings. The van der Waals surface area contributed by atoms with Gasteiger partial charge in [-0.25, -0.2) is 0 Å². The lowest BCUT2D eigenvalue weighted by atomic mass is 9.91. The summed E-state index contributed by atoms with van der Waals surface area (Å²) in [5.41, 5.74) is 0.602. The van der Waals surface area contributed by atoms with Gasteiger partial charge in [-0.3, -0.25) is 9.80 Å². The topological polar surface area (TPSA) is 18.5 Å². The third-order valence-electron chi connectivity index (χ3n) is 5.02. The predicted molar refractivity (Wildman–Crippen MR) is 71.2 cm³/mol. The molecule has 3 heteroatoms. The van der Waals surface area contributed by atoms with Gasteiger partial charge in [0.15, 0.2) is 0 Å². The molecule has 0 radical (unpaired) electrons. The Balaban J connectivity index is 1.45. The van der Waals surface area contributed by atoms with Gasteiger partial charge in [0, 0.05) is 51.4 Å². The van der Waals surface area contributed by atoms with Crippen LogP contribution in [-0.2, 0) is 0 Å². The lowest BCUT2D eigenvalue weighted by molar-refractivity contribution is -0.00102. The van der Waals surface area contributed by atoms with Crippen LogP contribution in [0.4, 0.5) is 0 Å². The Morgan fingerprint density at radius 2 is 1.71 bits per heavy atom. The van der Waals surface area contributed by atoms with Crippen molar-refractivity contribution < 1.29 is 0 Å². The minimum Gasteiger partial charge on any atom is -0.314 e. The normalized spacial score (nSPS) is 36.0. The van der Waals surface area contributed by atoms with Crippen molar-refractivity contribution in [3.63, 3.8) is 0 Å². The lowest BCUT2D eigenvalue weighted by Gasteiger charge is -2.49. The van der Waals surface area contributed by atoms with Crippen molar-refractivity contribution in [2.24, 2.45) is 5.41 Å². The largest absolute Gasteiger partial charge is 0.314 e. The fourth-order valence-corrected chi connectivity index (χ4v) is 3.78. The van der Waals surface area contributed by atoms with Crippen molar-refractivity contribution in [2.75, 3.05) is 39.3 Å². The van der Waals surface area contributed by atoms with Gasteiger partial charge >= 0.3 is 0 Å². The minimum atomic E-state index is 0.602. The molecule has 2 aliphatic heterocycles. The second-order valence-corrected chi connectivity index (χ2v) is 6.95. The fraction of sp³-hybridized carbons (Fsp3) is 1.00. The Hall–Kier alpha value is -0.120. The quantitative estimate of drug-likeness (QED) is 0.777. The molecule has 0 aromatic carbocycles. The molecule has 98 valence electrons. The first-order chi connectivity index (χ1) is 8.14. The highest BCUT2D eigenvalue weighted by Gasteiger charge is 2.41. The van der Waals surface area contributed by atoms with Crippen LogP contribution < -0.4 is 5.32 Å². The zero-order valence-corrected chi connectivity index (χ0v) is 11.4. The summed E-state index contributed by atoms with van der Waals surface area (Å²) in [6.07, 6.45) is 4.27. The van der Waals surface area contributed by atoms with Crippen LogP contribution in [0, 0.1) is 5.41 Å². The van der Waals surface area contributed by atoms with E-state index in [4.69, 9.17) is 0 Å². The molecule has 1 unspecified atom stereocenters. The van der Waals surface area contributed by atoms with E-state index >= 15 is 0 Å². The second-order valence-electron chi connectivity index (χ2n) is 6.95. The van der Waals surface area contributed by atoms with Crippen LogP contribution in [0.3, 0.4) is 0 Å². The average Bonchev–Trinajstić information content (AvgIpc) is 2.58. The molecular formula is C14H27N3. The maximum atomic E-state index is 3.44.